The van der Waals surface area contributed by atoms with Crippen LogP contribution in [0.15, 0.2) is 17.4 Å². The topological polar surface area (TPSA) is 47.0 Å². The van der Waals surface area contributed by atoms with Gasteiger partial charge in [0.25, 0.3) is 0 Å². The molecule has 1 heterocycles. The van der Waals surface area contributed by atoms with Crippen LogP contribution in [-0.2, 0) is 4.74 Å². The minimum atomic E-state index is 0.732. The number of methoxy groups -OCH3 is 1. The van der Waals surface area contributed by atoms with E-state index in [4.69, 9.17) is 4.74 Å². The van der Waals surface area contributed by atoms with E-state index in [0.717, 1.165) is 23.2 Å². The Hall–Kier alpha value is -0.810. The lowest BCUT2D eigenvalue weighted by Crippen LogP contribution is -1.96. The molecule has 0 unspecified atom stereocenters. The van der Waals surface area contributed by atoms with Crippen molar-refractivity contribution in [3.63, 3.8) is 0 Å². The predicted octanol–water partition coefficient (Wildman–Crippen LogP) is 1.26. The van der Waals surface area contributed by atoms with E-state index in [1.54, 1.807) is 31.3 Å². The minimum absolute atomic E-state index is 0.732. The molecule has 1 aromatic rings. The predicted molar refractivity (Wildman–Crippen MR) is 54.2 cm³/mol. The lowest BCUT2D eigenvalue weighted by Gasteiger charge is -2.01. The number of nitrogens with zero attached hydrogens (tertiary/aromatic N) is 2. The van der Waals surface area contributed by atoms with Gasteiger partial charge in [-0.05, 0) is 0 Å². The Balaban J connectivity index is 2.46. The van der Waals surface area contributed by atoms with Gasteiger partial charge in [-0.25, -0.2) is 4.98 Å². The molecule has 0 aliphatic rings. The first-order valence-electron chi connectivity index (χ1n) is 3.98. The van der Waals surface area contributed by atoms with E-state index in [-0.39, 0.29) is 0 Å². The third-order valence-corrected chi connectivity index (χ3v) is 2.27. The Bertz CT molecular complexity index is 257. The second kappa shape index (κ2) is 5.77. The van der Waals surface area contributed by atoms with Gasteiger partial charge in [-0.2, -0.15) is 0 Å². The van der Waals surface area contributed by atoms with E-state index < -0.39 is 0 Å². The van der Waals surface area contributed by atoms with Crippen molar-refractivity contribution in [1.82, 2.24) is 9.97 Å². The van der Waals surface area contributed by atoms with Crippen molar-refractivity contribution in [3.05, 3.63) is 12.4 Å². The largest absolute Gasteiger partial charge is 0.384 e. The maximum Gasteiger partial charge on any atom is 0.145 e. The monoisotopic (exact) mass is 199 g/mol. The molecule has 0 bridgehead atoms. The highest BCUT2D eigenvalue weighted by Crippen LogP contribution is 2.14. The summed E-state index contributed by atoms with van der Waals surface area (Å²) in [5.41, 5.74) is 0. The van der Waals surface area contributed by atoms with E-state index in [0.29, 0.717) is 0 Å². The summed E-state index contributed by atoms with van der Waals surface area (Å²) in [6, 6.07) is 0. The number of anilines is 1. The van der Waals surface area contributed by atoms with Crippen LogP contribution in [0, 0.1) is 0 Å². The summed E-state index contributed by atoms with van der Waals surface area (Å²) >= 11 is 1.64. The van der Waals surface area contributed by atoms with Crippen molar-refractivity contribution >= 4 is 17.6 Å². The highest BCUT2D eigenvalue weighted by Gasteiger charge is 1.97. The standard InChI is InChI=1S/C8H13N3OS/c1-9-7-5-10-6-8(11-7)13-4-3-12-2/h5-6H,3-4H2,1-2H3,(H,9,11). The van der Waals surface area contributed by atoms with Crippen molar-refractivity contribution < 1.29 is 4.74 Å². The number of nitrogens with one attached hydrogen (secondary N) is 1. The maximum atomic E-state index is 4.94. The van der Waals surface area contributed by atoms with Gasteiger partial charge in [0, 0.05) is 19.9 Å². The average Bonchev–Trinajstić information content (AvgIpc) is 2.19. The van der Waals surface area contributed by atoms with Gasteiger partial charge in [-0.1, -0.05) is 0 Å². The van der Waals surface area contributed by atoms with E-state index in [9.17, 15) is 0 Å². The van der Waals surface area contributed by atoms with Gasteiger partial charge in [0.05, 0.1) is 19.0 Å². The van der Waals surface area contributed by atoms with Crippen LogP contribution in [-0.4, -0.2) is 36.5 Å². The van der Waals surface area contributed by atoms with Gasteiger partial charge in [-0.3, -0.25) is 4.98 Å². The van der Waals surface area contributed by atoms with Crippen LogP contribution < -0.4 is 5.32 Å². The normalized spacial score (nSPS) is 10.0. The fraction of sp³-hybridized carbons (Fsp3) is 0.500. The second-order valence-electron chi connectivity index (χ2n) is 2.33. The van der Waals surface area contributed by atoms with Crippen LogP contribution in [0.2, 0.25) is 0 Å². The Morgan fingerprint density at radius 2 is 2.38 bits per heavy atom. The quantitative estimate of drug-likeness (QED) is 0.571. The molecule has 0 saturated carbocycles. The molecule has 1 N–H and O–H groups in total. The van der Waals surface area contributed by atoms with E-state index in [2.05, 4.69) is 15.3 Å². The van der Waals surface area contributed by atoms with Crippen molar-refractivity contribution in [2.75, 3.05) is 31.8 Å². The van der Waals surface area contributed by atoms with Crippen LogP contribution in [0.1, 0.15) is 0 Å². The lowest BCUT2D eigenvalue weighted by molar-refractivity contribution is 0.218. The second-order valence-corrected chi connectivity index (χ2v) is 3.45. The summed E-state index contributed by atoms with van der Waals surface area (Å²) < 4.78 is 4.94. The highest BCUT2D eigenvalue weighted by atomic mass is 32.2. The molecule has 0 aromatic carbocycles. The first-order chi connectivity index (χ1) is 6.36. The van der Waals surface area contributed by atoms with E-state index in [1.807, 2.05) is 7.05 Å². The molecule has 0 spiro atoms. The summed E-state index contributed by atoms with van der Waals surface area (Å²) in [6.07, 6.45) is 3.45. The molecule has 0 saturated heterocycles. The molecule has 0 radical (unpaired) electrons. The fourth-order valence-corrected chi connectivity index (χ4v) is 1.53. The number of hydrogen-bond donors (Lipinski definition) is 1. The molecule has 0 aliphatic carbocycles. The zero-order valence-corrected chi connectivity index (χ0v) is 8.60. The van der Waals surface area contributed by atoms with E-state index in [1.165, 1.54) is 0 Å². The SMILES string of the molecule is CNc1cncc(SCCOC)n1. The summed E-state index contributed by atoms with van der Waals surface area (Å²) in [5, 5.41) is 3.86. The molecular formula is C8H13N3OS. The molecule has 1 rings (SSSR count). The van der Waals surface area contributed by atoms with Crippen LogP contribution in [0.3, 0.4) is 0 Å². The smallest absolute Gasteiger partial charge is 0.145 e. The molecule has 0 fully saturated rings. The van der Waals surface area contributed by atoms with E-state index >= 15 is 0 Å². The molecule has 72 valence electrons. The summed E-state index contributed by atoms with van der Waals surface area (Å²) in [7, 11) is 3.52. The van der Waals surface area contributed by atoms with Crippen molar-refractivity contribution in [1.29, 1.82) is 0 Å². The molecule has 0 aliphatic heterocycles. The molecule has 4 nitrogen and oxygen atoms in total. The van der Waals surface area contributed by atoms with Gasteiger partial charge < -0.3 is 10.1 Å². The van der Waals surface area contributed by atoms with Crippen LogP contribution in [0.4, 0.5) is 5.82 Å². The molecular weight excluding hydrogens is 186 g/mol. The zero-order valence-electron chi connectivity index (χ0n) is 7.78. The fourth-order valence-electron chi connectivity index (χ4n) is 0.768. The summed E-state index contributed by atoms with van der Waals surface area (Å²) in [4.78, 5) is 8.34. The molecule has 5 heteroatoms. The van der Waals surface area contributed by atoms with Crippen LogP contribution in [0.5, 0.6) is 0 Å². The number of aromatic nitrogens is 2. The first kappa shape index (κ1) is 10.3. The number of hydrogen-bond acceptors (Lipinski definition) is 5. The third kappa shape index (κ3) is 3.61. The Morgan fingerprint density at radius 1 is 1.54 bits per heavy atom. The molecule has 0 atom stereocenters. The van der Waals surface area contributed by atoms with Gasteiger partial charge in [0.2, 0.25) is 0 Å². The Kier molecular flexibility index (Phi) is 4.56. The minimum Gasteiger partial charge on any atom is -0.384 e. The van der Waals surface area contributed by atoms with Crippen molar-refractivity contribution in [2.24, 2.45) is 0 Å². The van der Waals surface area contributed by atoms with Crippen molar-refractivity contribution in [3.8, 4) is 0 Å². The summed E-state index contributed by atoms with van der Waals surface area (Å²) in [5.74, 6) is 1.70. The first-order valence-corrected chi connectivity index (χ1v) is 4.97. The Morgan fingerprint density at radius 3 is 3.08 bits per heavy atom. The molecule has 0 amide bonds. The average molecular weight is 199 g/mol. The zero-order chi connectivity index (χ0) is 9.52. The maximum absolute atomic E-state index is 4.94. The van der Waals surface area contributed by atoms with Gasteiger partial charge in [0.1, 0.15) is 10.8 Å². The van der Waals surface area contributed by atoms with Crippen molar-refractivity contribution in [2.45, 2.75) is 5.03 Å². The van der Waals surface area contributed by atoms with Crippen LogP contribution in [0.25, 0.3) is 0 Å². The third-order valence-electron chi connectivity index (χ3n) is 1.41. The molecule has 1 aromatic heterocycles. The number of rotatable bonds is 5. The van der Waals surface area contributed by atoms with Gasteiger partial charge in [-0.15, -0.1) is 11.8 Å². The Labute approximate surface area is 82.1 Å². The number of ether oxygens (including phenoxy) is 1. The van der Waals surface area contributed by atoms with Gasteiger partial charge in [0.15, 0.2) is 0 Å². The lowest BCUT2D eigenvalue weighted by atomic mass is 10.7. The summed E-state index contributed by atoms with van der Waals surface area (Å²) in [6.45, 7) is 0.732. The number of thioether (sulfide) groups is 1. The highest BCUT2D eigenvalue weighted by molar-refractivity contribution is 7.99. The van der Waals surface area contributed by atoms with Gasteiger partial charge >= 0.3 is 0 Å². The van der Waals surface area contributed by atoms with Crippen LogP contribution >= 0.6 is 11.8 Å². The molecule has 13 heavy (non-hydrogen) atoms.